The molecule has 8 heteroatoms. The number of hydrogen-bond acceptors (Lipinski definition) is 7. The summed E-state index contributed by atoms with van der Waals surface area (Å²) in [6.07, 6.45) is 4.07. The van der Waals surface area contributed by atoms with Gasteiger partial charge in [0.25, 0.3) is 0 Å². The number of nitrogens with zero attached hydrogens (tertiary/aromatic N) is 6. The molecule has 4 aromatic rings. The van der Waals surface area contributed by atoms with E-state index in [1.807, 2.05) is 67.4 Å². The van der Waals surface area contributed by atoms with Gasteiger partial charge < -0.3 is 10.2 Å². The van der Waals surface area contributed by atoms with Crippen molar-refractivity contribution in [2.75, 3.05) is 17.3 Å². The molecule has 2 aromatic heterocycles. The zero-order valence-corrected chi connectivity index (χ0v) is 19.0. The number of benzene rings is 2. The molecule has 0 aliphatic carbocycles. The van der Waals surface area contributed by atoms with Crippen LogP contribution in [0.15, 0.2) is 73.1 Å². The summed E-state index contributed by atoms with van der Waals surface area (Å²) in [6, 6.07) is 20.9. The van der Waals surface area contributed by atoms with Crippen molar-refractivity contribution in [3.63, 3.8) is 0 Å². The Kier molecular flexibility index (Phi) is 6.77. The average Bonchev–Trinajstić information content (AvgIpc) is 2.85. The molecule has 0 saturated heterocycles. The van der Waals surface area contributed by atoms with Crippen LogP contribution in [0, 0.1) is 11.3 Å². The molecule has 4 rings (SSSR count). The normalized spacial score (nSPS) is 11.5. The highest BCUT2D eigenvalue weighted by Gasteiger charge is 2.13. The molecule has 7 nitrogen and oxygen atoms in total. The van der Waals surface area contributed by atoms with E-state index < -0.39 is 0 Å². The molecule has 33 heavy (non-hydrogen) atoms. The lowest BCUT2D eigenvalue weighted by Crippen LogP contribution is -2.21. The first-order valence-corrected chi connectivity index (χ1v) is 10.8. The predicted molar refractivity (Wildman–Crippen MR) is 131 cm³/mol. The van der Waals surface area contributed by atoms with E-state index in [2.05, 4.69) is 31.3 Å². The third kappa shape index (κ3) is 5.43. The number of nitriles is 1. The van der Waals surface area contributed by atoms with E-state index in [4.69, 9.17) is 16.9 Å². The van der Waals surface area contributed by atoms with Gasteiger partial charge >= 0.3 is 0 Å². The van der Waals surface area contributed by atoms with Gasteiger partial charge in [0.05, 0.1) is 11.6 Å². The van der Waals surface area contributed by atoms with Crippen molar-refractivity contribution < 1.29 is 0 Å². The van der Waals surface area contributed by atoms with Gasteiger partial charge in [0.1, 0.15) is 11.6 Å². The largest absolute Gasteiger partial charge is 0.351 e. The molecule has 1 atom stereocenters. The second kappa shape index (κ2) is 10.1. The van der Waals surface area contributed by atoms with E-state index in [9.17, 15) is 0 Å². The van der Waals surface area contributed by atoms with E-state index in [1.165, 1.54) is 0 Å². The summed E-state index contributed by atoms with van der Waals surface area (Å²) >= 11 is 6.30. The van der Waals surface area contributed by atoms with Crippen LogP contribution in [-0.2, 0) is 6.42 Å². The third-order valence-electron chi connectivity index (χ3n) is 5.08. The summed E-state index contributed by atoms with van der Waals surface area (Å²) in [4.78, 5) is 20.0. The van der Waals surface area contributed by atoms with Crippen LogP contribution in [0.4, 0.5) is 17.6 Å². The molecule has 0 spiro atoms. The lowest BCUT2D eigenvalue weighted by molar-refractivity contribution is 0.776. The van der Waals surface area contributed by atoms with E-state index in [0.29, 0.717) is 34.6 Å². The van der Waals surface area contributed by atoms with Gasteiger partial charge in [-0.15, -0.1) is 0 Å². The van der Waals surface area contributed by atoms with Gasteiger partial charge in [-0.3, -0.25) is 0 Å². The van der Waals surface area contributed by atoms with Gasteiger partial charge in [-0.05, 0) is 49.2 Å². The van der Waals surface area contributed by atoms with Crippen LogP contribution in [0.25, 0.3) is 11.4 Å². The van der Waals surface area contributed by atoms with Crippen LogP contribution in [0.3, 0.4) is 0 Å². The van der Waals surface area contributed by atoms with Crippen molar-refractivity contribution in [2.24, 2.45) is 0 Å². The maximum atomic E-state index is 9.14. The molecule has 2 heterocycles. The smallest absolute Gasteiger partial charge is 0.224 e. The van der Waals surface area contributed by atoms with Gasteiger partial charge in [0, 0.05) is 36.1 Å². The monoisotopic (exact) mass is 455 g/mol. The van der Waals surface area contributed by atoms with E-state index in [0.717, 1.165) is 16.9 Å². The Morgan fingerprint density at radius 1 is 1.00 bits per heavy atom. The molecule has 0 amide bonds. The molecular formula is C25H22ClN7. The number of nitrogens with one attached hydrogen (secondary N) is 1. The number of halogens is 1. The number of hydrogen-bond donors (Lipinski definition) is 1. The lowest BCUT2D eigenvalue weighted by Gasteiger charge is -2.19. The van der Waals surface area contributed by atoms with E-state index >= 15 is 0 Å². The second-order valence-electron chi connectivity index (χ2n) is 7.57. The van der Waals surface area contributed by atoms with Crippen LogP contribution < -0.4 is 10.2 Å². The van der Waals surface area contributed by atoms with Gasteiger partial charge in [-0.2, -0.15) is 10.2 Å². The van der Waals surface area contributed by atoms with Gasteiger partial charge in [-0.25, -0.2) is 15.0 Å². The quantitative estimate of drug-likeness (QED) is 0.406. The Morgan fingerprint density at radius 3 is 2.48 bits per heavy atom. The fourth-order valence-electron chi connectivity index (χ4n) is 3.39. The standard InChI is InChI=1S/C25H22ClN7/c1-17(14-20-15-18(16-27)8-9-21(20)26)30-25-29-13-11-23(32-25)33(2)22-10-12-28-24(31-22)19-6-4-3-5-7-19/h3-13,15,17H,14H2,1-2H3,(H,29,30,32)/t17-/m0/s1. The average molecular weight is 456 g/mol. The first kappa shape index (κ1) is 22.2. The first-order chi connectivity index (χ1) is 16.0. The van der Waals surface area contributed by atoms with Crippen LogP contribution in [0.2, 0.25) is 5.02 Å². The van der Waals surface area contributed by atoms with Crippen LogP contribution in [0.5, 0.6) is 0 Å². The van der Waals surface area contributed by atoms with Crippen molar-refractivity contribution in [1.82, 2.24) is 19.9 Å². The Bertz CT molecular complexity index is 1290. The minimum absolute atomic E-state index is 0.000678. The summed E-state index contributed by atoms with van der Waals surface area (Å²) < 4.78 is 0. The molecule has 0 aliphatic heterocycles. The summed E-state index contributed by atoms with van der Waals surface area (Å²) in [5.74, 6) is 2.57. The number of rotatable bonds is 7. The van der Waals surface area contributed by atoms with Crippen LogP contribution in [-0.4, -0.2) is 33.0 Å². The topological polar surface area (TPSA) is 90.6 Å². The third-order valence-corrected chi connectivity index (χ3v) is 5.45. The second-order valence-corrected chi connectivity index (χ2v) is 7.98. The molecule has 0 saturated carbocycles. The minimum atomic E-state index is 0.000678. The highest BCUT2D eigenvalue weighted by atomic mass is 35.5. The molecule has 1 N–H and O–H groups in total. The highest BCUT2D eigenvalue weighted by Crippen LogP contribution is 2.24. The minimum Gasteiger partial charge on any atom is -0.351 e. The fourth-order valence-corrected chi connectivity index (χ4v) is 3.58. The zero-order chi connectivity index (χ0) is 23.2. The fraction of sp³-hybridized carbons (Fsp3) is 0.160. The molecule has 2 aromatic carbocycles. The van der Waals surface area contributed by atoms with Gasteiger partial charge in [0.2, 0.25) is 5.95 Å². The summed E-state index contributed by atoms with van der Waals surface area (Å²) in [5.41, 5.74) is 2.44. The molecule has 0 unspecified atom stereocenters. The maximum Gasteiger partial charge on any atom is 0.224 e. The number of aromatic nitrogens is 4. The van der Waals surface area contributed by atoms with E-state index in [1.54, 1.807) is 24.5 Å². The van der Waals surface area contributed by atoms with Crippen molar-refractivity contribution in [1.29, 1.82) is 5.26 Å². The van der Waals surface area contributed by atoms with Crippen molar-refractivity contribution in [2.45, 2.75) is 19.4 Å². The van der Waals surface area contributed by atoms with Crippen LogP contribution in [0.1, 0.15) is 18.1 Å². The molecule has 0 bridgehead atoms. The molecule has 0 radical (unpaired) electrons. The summed E-state index contributed by atoms with van der Waals surface area (Å²) in [7, 11) is 1.90. The Hall–Kier alpha value is -4.02. The number of anilines is 3. The molecule has 164 valence electrons. The Morgan fingerprint density at radius 2 is 1.73 bits per heavy atom. The first-order valence-electron chi connectivity index (χ1n) is 10.4. The predicted octanol–water partition coefficient (Wildman–Crippen LogP) is 5.27. The van der Waals surface area contributed by atoms with Crippen molar-refractivity contribution in [3.05, 3.63) is 89.2 Å². The van der Waals surface area contributed by atoms with Crippen LogP contribution >= 0.6 is 11.6 Å². The highest BCUT2D eigenvalue weighted by molar-refractivity contribution is 6.31. The Balaban J connectivity index is 1.49. The summed E-state index contributed by atoms with van der Waals surface area (Å²) in [6.45, 7) is 2.02. The van der Waals surface area contributed by atoms with Crippen molar-refractivity contribution in [3.8, 4) is 17.5 Å². The lowest BCUT2D eigenvalue weighted by atomic mass is 10.0. The SMILES string of the molecule is C[C@@H](Cc1cc(C#N)ccc1Cl)Nc1nccc(N(C)c2ccnc(-c3ccccc3)n2)n1. The molecular weight excluding hydrogens is 434 g/mol. The van der Waals surface area contributed by atoms with Gasteiger partial charge in [0.15, 0.2) is 5.82 Å². The van der Waals surface area contributed by atoms with Gasteiger partial charge in [-0.1, -0.05) is 41.9 Å². The van der Waals surface area contributed by atoms with Crippen molar-refractivity contribution >= 4 is 29.2 Å². The zero-order valence-electron chi connectivity index (χ0n) is 18.3. The van der Waals surface area contributed by atoms with E-state index in [-0.39, 0.29) is 6.04 Å². The summed E-state index contributed by atoms with van der Waals surface area (Å²) in [5, 5.41) is 13.1. The molecule has 0 fully saturated rings. The maximum absolute atomic E-state index is 9.14. The Labute approximate surface area is 197 Å². The molecule has 0 aliphatic rings.